The summed E-state index contributed by atoms with van der Waals surface area (Å²) >= 11 is 0. The van der Waals surface area contributed by atoms with Gasteiger partial charge in [0.15, 0.2) is 0 Å². The Morgan fingerprint density at radius 3 is 2.46 bits per heavy atom. The minimum Gasteiger partial charge on any atom is -0.336 e. The number of nitrogens with zero attached hydrogens (tertiary/aromatic N) is 1. The van der Waals surface area contributed by atoms with Gasteiger partial charge in [-0.05, 0) is 31.4 Å². The fourth-order valence-electron chi connectivity index (χ4n) is 2.80. The lowest BCUT2D eigenvalue weighted by molar-refractivity contribution is -0.138. The van der Waals surface area contributed by atoms with Crippen molar-refractivity contribution in [2.75, 3.05) is 12.0 Å². The first-order valence-corrected chi connectivity index (χ1v) is 9.68. The summed E-state index contributed by atoms with van der Waals surface area (Å²) in [7, 11) is -3.25. The molecule has 0 aliphatic heterocycles. The molecule has 8 heteroatoms. The van der Waals surface area contributed by atoms with Crippen LogP contribution in [0.25, 0.3) is 0 Å². The average Bonchev–Trinajstić information content (AvgIpc) is 3.20. The second kappa shape index (κ2) is 6.74. The van der Waals surface area contributed by atoms with Gasteiger partial charge >= 0.3 is 6.18 Å². The average molecular weight is 363 g/mol. The van der Waals surface area contributed by atoms with Crippen molar-refractivity contribution in [3.05, 3.63) is 35.4 Å². The third-order valence-corrected chi connectivity index (χ3v) is 4.94. The molecule has 0 radical (unpaired) electrons. The topological polar surface area (TPSA) is 54.5 Å². The van der Waals surface area contributed by atoms with Crippen molar-refractivity contribution in [1.29, 1.82) is 0 Å². The summed E-state index contributed by atoms with van der Waals surface area (Å²) < 4.78 is 61.2. The van der Waals surface area contributed by atoms with Crippen molar-refractivity contribution in [2.24, 2.45) is 0 Å². The van der Waals surface area contributed by atoms with Gasteiger partial charge in [-0.2, -0.15) is 13.2 Å². The van der Waals surface area contributed by atoms with Crippen molar-refractivity contribution < 1.29 is 26.4 Å². The highest BCUT2D eigenvalue weighted by atomic mass is 32.2. The van der Waals surface area contributed by atoms with Gasteiger partial charge in [0, 0.05) is 18.3 Å². The van der Waals surface area contributed by atoms with E-state index in [0.717, 1.165) is 31.2 Å². The number of sulfone groups is 1. The van der Waals surface area contributed by atoms with Gasteiger partial charge in [-0.3, -0.25) is 4.79 Å². The maximum Gasteiger partial charge on any atom is 0.416 e. The molecule has 1 saturated carbocycles. The van der Waals surface area contributed by atoms with Crippen molar-refractivity contribution >= 4 is 15.7 Å². The summed E-state index contributed by atoms with van der Waals surface area (Å²) in [5.41, 5.74) is -0.526. The molecule has 1 aliphatic rings. The Kier molecular flexibility index (Phi) is 5.27. The molecule has 1 aromatic rings. The zero-order chi connectivity index (χ0) is 18.1. The minimum atomic E-state index is -4.46. The van der Waals surface area contributed by atoms with Crippen LogP contribution in [0.3, 0.4) is 0 Å². The molecular formula is C16H20F3NO3S. The lowest BCUT2D eigenvalue weighted by Gasteiger charge is -2.29. The van der Waals surface area contributed by atoms with Crippen LogP contribution in [-0.4, -0.2) is 43.3 Å². The zero-order valence-electron chi connectivity index (χ0n) is 13.5. The van der Waals surface area contributed by atoms with Gasteiger partial charge in [0.25, 0.3) is 0 Å². The molecule has 1 unspecified atom stereocenters. The highest BCUT2D eigenvalue weighted by molar-refractivity contribution is 7.90. The van der Waals surface area contributed by atoms with E-state index >= 15 is 0 Å². The largest absolute Gasteiger partial charge is 0.416 e. The number of carbonyl (C=O) groups excluding carboxylic acids is 1. The fourth-order valence-corrected chi connectivity index (χ4v) is 3.84. The van der Waals surface area contributed by atoms with Crippen LogP contribution in [-0.2, 0) is 27.2 Å². The van der Waals surface area contributed by atoms with E-state index in [1.165, 1.54) is 17.0 Å². The standard InChI is InChI=1S/C16H20F3NO3S/c1-11(10-24(2,22)23)20(14-6-7-14)15(21)9-12-4-3-5-13(8-12)16(17,18)19/h3-5,8,11,14H,6-7,9-10H2,1-2H3. The van der Waals surface area contributed by atoms with Gasteiger partial charge in [-0.15, -0.1) is 0 Å². The van der Waals surface area contributed by atoms with Gasteiger partial charge in [0.1, 0.15) is 9.84 Å². The Balaban J connectivity index is 2.14. The molecule has 4 nitrogen and oxygen atoms in total. The number of hydrogen-bond acceptors (Lipinski definition) is 3. The van der Waals surface area contributed by atoms with Crippen LogP contribution in [0.4, 0.5) is 13.2 Å². The summed E-state index contributed by atoms with van der Waals surface area (Å²) in [6.07, 6.45) is -1.94. The molecule has 134 valence electrons. The SMILES string of the molecule is CC(CS(C)(=O)=O)N(C(=O)Cc1cccc(C(F)(F)F)c1)C1CC1. The molecule has 1 atom stereocenters. The van der Waals surface area contributed by atoms with Crippen LogP contribution in [0.1, 0.15) is 30.9 Å². The Morgan fingerprint density at radius 2 is 1.96 bits per heavy atom. The maximum absolute atomic E-state index is 12.8. The molecule has 1 fully saturated rings. The molecule has 0 spiro atoms. The first-order valence-electron chi connectivity index (χ1n) is 7.62. The predicted octanol–water partition coefficient (Wildman–Crippen LogP) is 2.67. The number of alkyl halides is 3. The van der Waals surface area contributed by atoms with Crippen LogP contribution in [0, 0.1) is 0 Å². The van der Waals surface area contributed by atoms with E-state index in [9.17, 15) is 26.4 Å². The molecule has 1 aliphatic carbocycles. The Morgan fingerprint density at radius 1 is 1.33 bits per heavy atom. The Labute approximate surface area is 139 Å². The molecule has 24 heavy (non-hydrogen) atoms. The molecule has 0 aromatic heterocycles. The summed E-state index contributed by atoms with van der Waals surface area (Å²) in [6, 6.07) is 4.15. The Hall–Kier alpha value is -1.57. The number of benzene rings is 1. The van der Waals surface area contributed by atoms with E-state index in [1.54, 1.807) is 6.92 Å². The minimum absolute atomic E-state index is 0.0138. The summed E-state index contributed by atoms with van der Waals surface area (Å²) in [5.74, 6) is -0.495. The highest BCUT2D eigenvalue weighted by Gasteiger charge is 2.37. The predicted molar refractivity (Wildman–Crippen MR) is 84.2 cm³/mol. The highest BCUT2D eigenvalue weighted by Crippen LogP contribution is 2.31. The third kappa shape index (κ3) is 5.22. The molecule has 0 bridgehead atoms. The van der Waals surface area contributed by atoms with E-state index in [0.29, 0.717) is 0 Å². The van der Waals surface area contributed by atoms with Gasteiger partial charge in [0.05, 0.1) is 17.7 Å². The maximum atomic E-state index is 12.8. The van der Waals surface area contributed by atoms with Crippen LogP contribution in [0.5, 0.6) is 0 Å². The number of halogens is 3. The molecule has 2 rings (SSSR count). The first kappa shape index (κ1) is 18.8. The van der Waals surface area contributed by atoms with E-state index in [1.807, 2.05) is 0 Å². The van der Waals surface area contributed by atoms with Gasteiger partial charge in [-0.1, -0.05) is 18.2 Å². The van der Waals surface area contributed by atoms with Crippen LogP contribution < -0.4 is 0 Å². The number of carbonyl (C=O) groups is 1. The number of amides is 1. The molecule has 0 heterocycles. The molecular weight excluding hydrogens is 343 g/mol. The molecule has 0 saturated heterocycles. The van der Waals surface area contributed by atoms with Crippen LogP contribution >= 0.6 is 0 Å². The fraction of sp³-hybridized carbons (Fsp3) is 0.562. The monoisotopic (exact) mass is 363 g/mol. The van der Waals surface area contributed by atoms with Crippen LogP contribution in [0.15, 0.2) is 24.3 Å². The third-order valence-electron chi connectivity index (χ3n) is 3.86. The first-order chi connectivity index (χ1) is 11.0. The summed E-state index contributed by atoms with van der Waals surface area (Å²) in [6.45, 7) is 1.66. The van der Waals surface area contributed by atoms with E-state index < -0.39 is 27.6 Å². The lowest BCUT2D eigenvalue weighted by atomic mass is 10.1. The van der Waals surface area contributed by atoms with Gasteiger partial charge in [-0.25, -0.2) is 8.42 Å². The smallest absolute Gasteiger partial charge is 0.336 e. The van der Waals surface area contributed by atoms with Crippen molar-refractivity contribution in [2.45, 2.75) is 44.4 Å². The normalized spacial score (nSPS) is 16.7. The van der Waals surface area contributed by atoms with Crippen LogP contribution in [0.2, 0.25) is 0 Å². The van der Waals surface area contributed by atoms with Crippen molar-refractivity contribution in [3.63, 3.8) is 0 Å². The summed E-state index contributed by atoms with van der Waals surface area (Å²) in [5, 5.41) is 0. The molecule has 0 N–H and O–H groups in total. The summed E-state index contributed by atoms with van der Waals surface area (Å²) in [4.78, 5) is 14.0. The van der Waals surface area contributed by atoms with E-state index in [4.69, 9.17) is 0 Å². The van der Waals surface area contributed by atoms with Crippen molar-refractivity contribution in [3.8, 4) is 0 Å². The second-order valence-electron chi connectivity index (χ2n) is 6.35. The second-order valence-corrected chi connectivity index (χ2v) is 8.53. The lowest BCUT2D eigenvalue weighted by Crippen LogP contribution is -2.44. The number of hydrogen-bond donors (Lipinski definition) is 0. The quantitative estimate of drug-likeness (QED) is 0.781. The van der Waals surface area contributed by atoms with Gasteiger partial charge in [0.2, 0.25) is 5.91 Å². The molecule has 1 aromatic carbocycles. The van der Waals surface area contributed by atoms with E-state index in [2.05, 4.69) is 0 Å². The molecule has 1 amide bonds. The zero-order valence-corrected chi connectivity index (χ0v) is 14.3. The van der Waals surface area contributed by atoms with E-state index in [-0.39, 0.29) is 29.7 Å². The Bertz CT molecular complexity index is 712. The van der Waals surface area contributed by atoms with Gasteiger partial charge < -0.3 is 4.90 Å². The van der Waals surface area contributed by atoms with Crippen molar-refractivity contribution in [1.82, 2.24) is 4.90 Å². The number of rotatable bonds is 6.